The van der Waals surface area contributed by atoms with Gasteiger partial charge in [0.1, 0.15) is 12.3 Å². The van der Waals surface area contributed by atoms with Gasteiger partial charge in [0.2, 0.25) is 5.91 Å². The van der Waals surface area contributed by atoms with Crippen molar-refractivity contribution in [3.8, 4) is 5.75 Å². The van der Waals surface area contributed by atoms with Crippen LogP contribution in [-0.4, -0.2) is 22.8 Å². The zero-order valence-electron chi connectivity index (χ0n) is 12.5. The SMILES string of the molecule is COc1ccc(C)cc1NC(=O)Cn1nc(C)c(Br)c1C. The Morgan fingerprint density at radius 2 is 2.10 bits per heavy atom. The Balaban J connectivity index is 2.15. The summed E-state index contributed by atoms with van der Waals surface area (Å²) in [4.78, 5) is 12.2. The summed E-state index contributed by atoms with van der Waals surface area (Å²) in [5.74, 6) is 0.500. The Morgan fingerprint density at radius 3 is 2.67 bits per heavy atom. The summed E-state index contributed by atoms with van der Waals surface area (Å²) in [7, 11) is 1.58. The molecule has 1 amide bonds. The molecule has 0 fully saturated rings. The molecule has 2 rings (SSSR count). The zero-order chi connectivity index (χ0) is 15.6. The standard InChI is InChI=1S/C15H18BrN3O2/c1-9-5-6-13(21-4)12(7-9)17-14(20)8-19-11(3)15(16)10(2)18-19/h5-7H,8H2,1-4H3,(H,17,20). The lowest BCUT2D eigenvalue weighted by Gasteiger charge is -2.11. The number of ether oxygens (including phenoxy) is 1. The van der Waals surface area contributed by atoms with Crippen molar-refractivity contribution in [2.24, 2.45) is 0 Å². The monoisotopic (exact) mass is 351 g/mol. The highest BCUT2D eigenvalue weighted by Gasteiger charge is 2.13. The molecule has 112 valence electrons. The third kappa shape index (κ3) is 3.44. The van der Waals surface area contributed by atoms with E-state index in [0.717, 1.165) is 21.4 Å². The fourth-order valence-corrected chi connectivity index (χ4v) is 2.36. The molecule has 6 heteroatoms. The molecule has 0 aliphatic carbocycles. The fourth-order valence-electron chi connectivity index (χ4n) is 2.07. The lowest BCUT2D eigenvalue weighted by atomic mass is 10.2. The Labute approximate surface area is 132 Å². The van der Waals surface area contributed by atoms with Crippen molar-refractivity contribution < 1.29 is 9.53 Å². The number of hydrogen-bond acceptors (Lipinski definition) is 3. The summed E-state index contributed by atoms with van der Waals surface area (Å²) < 4.78 is 7.87. The third-order valence-corrected chi connectivity index (χ3v) is 4.36. The fraction of sp³-hybridized carbons (Fsp3) is 0.333. The van der Waals surface area contributed by atoms with E-state index < -0.39 is 0 Å². The van der Waals surface area contributed by atoms with Crippen LogP contribution in [0.15, 0.2) is 22.7 Å². The van der Waals surface area contributed by atoms with Crippen LogP contribution in [0.3, 0.4) is 0 Å². The maximum Gasteiger partial charge on any atom is 0.246 e. The first-order valence-electron chi connectivity index (χ1n) is 6.56. The quantitative estimate of drug-likeness (QED) is 0.919. The largest absolute Gasteiger partial charge is 0.495 e. The normalized spacial score (nSPS) is 10.5. The Kier molecular flexibility index (Phi) is 4.67. The van der Waals surface area contributed by atoms with E-state index in [1.54, 1.807) is 11.8 Å². The molecule has 1 aromatic heterocycles. The Bertz CT molecular complexity index is 680. The predicted octanol–water partition coefficient (Wildman–Crippen LogP) is 3.22. The van der Waals surface area contributed by atoms with Crippen LogP contribution in [0.4, 0.5) is 5.69 Å². The summed E-state index contributed by atoms with van der Waals surface area (Å²) >= 11 is 3.45. The van der Waals surface area contributed by atoms with Gasteiger partial charge in [-0.2, -0.15) is 5.10 Å². The van der Waals surface area contributed by atoms with E-state index in [-0.39, 0.29) is 12.5 Å². The van der Waals surface area contributed by atoms with Crippen LogP contribution in [0.5, 0.6) is 5.75 Å². The topological polar surface area (TPSA) is 56.1 Å². The molecule has 0 saturated carbocycles. The van der Waals surface area contributed by atoms with E-state index in [2.05, 4.69) is 26.3 Å². The predicted molar refractivity (Wildman–Crippen MR) is 85.8 cm³/mol. The van der Waals surface area contributed by atoms with Crippen LogP contribution in [0.25, 0.3) is 0 Å². The van der Waals surface area contributed by atoms with Crippen LogP contribution < -0.4 is 10.1 Å². The Hall–Kier alpha value is -1.82. The summed E-state index contributed by atoms with van der Waals surface area (Å²) in [5.41, 5.74) is 3.52. The Morgan fingerprint density at radius 1 is 1.38 bits per heavy atom. The molecule has 1 N–H and O–H groups in total. The smallest absolute Gasteiger partial charge is 0.246 e. The molecular weight excluding hydrogens is 334 g/mol. The maximum atomic E-state index is 12.2. The molecule has 0 bridgehead atoms. The van der Waals surface area contributed by atoms with Crippen LogP contribution in [0.1, 0.15) is 17.0 Å². The van der Waals surface area contributed by atoms with Crippen LogP contribution in [0.2, 0.25) is 0 Å². The van der Waals surface area contributed by atoms with Gasteiger partial charge in [0.05, 0.1) is 28.7 Å². The summed E-state index contributed by atoms with van der Waals surface area (Å²) in [6.07, 6.45) is 0. The number of hydrogen-bond donors (Lipinski definition) is 1. The number of aromatic nitrogens is 2. The first-order valence-corrected chi connectivity index (χ1v) is 7.35. The zero-order valence-corrected chi connectivity index (χ0v) is 14.1. The van der Waals surface area contributed by atoms with Crippen molar-refractivity contribution in [2.75, 3.05) is 12.4 Å². The van der Waals surface area contributed by atoms with E-state index in [9.17, 15) is 4.79 Å². The second kappa shape index (κ2) is 6.30. The van der Waals surface area contributed by atoms with E-state index in [1.807, 2.05) is 39.0 Å². The number of halogens is 1. The molecule has 0 aliphatic heterocycles. The van der Waals surface area contributed by atoms with Gasteiger partial charge in [-0.3, -0.25) is 9.48 Å². The number of nitrogens with one attached hydrogen (secondary N) is 1. The highest BCUT2D eigenvalue weighted by Crippen LogP contribution is 2.25. The number of nitrogens with zero attached hydrogens (tertiary/aromatic N) is 2. The van der Waals surface area contributed by atoms with Gasteiger partial charge in [-0.25, -0.2) is 0 Å². The van der Waals surface area contributed by atoms with Gasteiger partial charge in [0.25, 0.3) is 0 Å². The van der Waals surface area contributed by atoms with Gasteiger partial charge in [-0.1, -0.05) is 6.07 Å². The average Bonchev–Trinajstić information content (AvgIpc) is 2.66. The van der Waals surface area contributed by atoms with Crippen molar-refractivity contribution in [3.05, 3.63) is 39.6 Å². The molecule has 1 heterocycles. The van der Waals surface area contributed by atoms with Crippen molar-refractivity contribution in [2.45, 2.75) is 27.3 Å². The van der Waals surface area contributed by atoms with Crippen LogP contribution >= 0.6 is 15.9 Å². The van der Waals surface area contributed by atoms with Crippen LogP contribution in [-0.2, 0) is 11.3 Å². The summed E-state index contributed by atoms with van der Waals surface area (Å²) in [6.45, 7) is 5.95. The summed E-state index contributed by atoms with van der Waals surface area (Å²) in [6, 6.07) is 5.66. The van der Waals surface area contributed by atoms with Crippen molar-refractivity contribution in [1.82, 2.24) is 9.78 Å². The van der Waals surface area contributed by atoms with E-state index in [1.165, 1.54) is 0 Å². The lowest BCUT2D eigenvalue weighted by Crippen LogP contribution is -2.20. The van der Waals surface area contributed by atoms with Gasteiger partial charge in [0, 0.05) is 0 Å². The van der Waals surface area contributed by atoms with Gasteiger partial charge < -0.3 is 10.1 Å². The van der Waals surface area contributed by atoms with E-state index >= 15 is 0 Å². The molecule has 0 aliphatic rings. The van der Waals surface area contributed by atoms with Crippen molar-refractivity contribution >= 4 is 27.5 Å². The number of carbonyl (C=O) groups excluding carboxylic acids is 1. The molecule has 5 nitrogen and oxygen atoms in total. The number of benzene rings is 1. The number of methoxy groups -OCH3 is 1. The van der Waals surface area contributed by atoms with Gasteiger partial charge >= 0.3 is 0 Å². The minimum Gasteiger partial charge on any atom is -0.495 e. The van der Waals surface area contributed by atoms with Crippen molar-refractivity contribution in [3.63, 3.8) is 0 Å². The molecule has 0 saturated heterocycles. The number of rotatable bonds is 4. The second-order valence-corrected chi connectivity index (χ2v) is 5.69. The van der Waals surface area contributed by atoms with Gasteiger partial charge in [0.15, 0.2) is 0 Å². The molecule has 0 radical (unpaired) electrons. The molecule has 0 unspecified atom stereocenters. The van der Waals surface area contributed by atoms with Gasteiger partial charge in [-0.15, -0.1) is 0 Å². The van der Waals surface area contributed by atoms with Crippen molar-refractivity contribution in [1.29, 1.82) is 0 Å². The van der Waals surface area contributed by atoms with Crippen LogP contribution in [0, 0.1) is 20.8 Å². The molecule has 0 spiro atoms. The first-order chi connectivity index (χ1) is 9.92. The number of anilines is 1. The summed E-state index contributed by atoms with van der Waals surface area (Å²) in [5, 5.41) is 7.20. The lowest BCUT2D eigenvalue weighted by molar-refractivity contribution is -0.116. The molecule has 21 heavy (non-hydrogen) atoms. The van der Waals surface area contributed by atoms with E-state index in [0.29, 0.717) is 11.4 Å². The minimum atomic E-state index is -0.142. The second-order valence-electron chi connectivity index (χ2n) is 4.89. The van der Waals surface area contributed by atoms with Gasteiger partial charge in [-0.05, 0) is 54.4 Å². The van der Waals surface area contributed by atoms with E-state index in [4.69, 9.17) is 4.74 Å². The maximum absolute atomic E-state index is 12.2. The highest BCUT2D eigenvalue weighted by molar-refractivity contribution is 9.10. The third-order valence-electron chi connectivity index (χ3n) is 3.22. The minimum absolute atomic E-state index is 0.142. The number of aryl methyl sites for hydroxylation is 2. The number of amides is 1. The molecule has 2 aromatic rings. The molecule has 0 atom stereocenters. The first kappa shape index (κ1) is 15.6. The highest BCUT2D eigenvalue weighted by atomic mass is 79.9. The molecular formula is C15H18BrN3O2. The number of carbonyl (C=O) groups is 1. The molecule has 1 aromatic carbocycles. The average molecular weight is 352 g/mol.